The highest BCUT2D eigenvalue weighted by Crippen LogP contribution is 2.47. The van der Waals surface area contributed by atoms with Crippen molar-refractivity contribution < 1.29 is 31.9 Å². The Labute approximate surface area is 244 Å². The Balaban J connectivity index is 1.86. The van der Waals surface area contributed by atoms with Gasteiger partial charge >= 0.3 is 7.60 Å². The summed E-state index contributed by atoms with van der Waals surface area (Å²) in [5.74, 6) is -0.598. The Kier molecular flexibility index (Phi) is 9.53. The number of sulfonamides is 1. The molecule has 4 aromatic rings. The van der Waals surface area contributed by atoms with Crippen LogP contribution in [0.2, 0.25) is 0 Å². The largest absolute Gasteiger partial charge is 0.494 e. The summed E-state index contributed by atoms with van der Waals surface area (Å²) in [6.07, 6.45) is 1.03. The first-order valence-electron chi connectivity index (χ1n) is 13.2. The number of amides is 1. The molecule has 13 heteroatoms. The van der Waals surface area contributed by atoms with Gasteiger partial charge in [0.15, 0.2) is 5.88 Å². The summed E-state index contributed by atoms with van der Waals surface area (Å²) in [7, 11) is -5.92. The van der Waals surface area contributed by atoms with Gasteiger partial charge in [-0.05, 0) is 56.3 Å². The summed E-state index contributed by atoms with van der Waals surface area (Å²) < 4.78 is 50.4. The van der Waals surface area contributed by atoms with E-state index in [0.717, 1.165) is 10.6 Å². The van der Waals surface area contributed by atoms with Crippen molar-refractivity contribution in [2.45, 2.75) is 13.8 Å². The lowest BCUT2D eigenvalue weighted by Gasteiger charge is -2.21. The summed E-state index contributed by atoms with van der Waals surface area (Å²) in [6.45, 7) is 3.47. The second-order valence-corrected chi connectivity index (χ2v) is 13.1. The van der Waals surface area contributed by atoms with Crippen molar-refractivity contribution in [3.05, 3.63) is 83.9 Å². The zero-order valence-corrected chi connectivity index (χ0v) is 25.4. The van der Waals surface area contributed by atoms with Crippen LogP contribution >= 0.6 is 7.60 Å². The molecule has 0 radical (unpaired) electrons. The molecule has 0 spiro atoms. The zero-order chi connectivity index (χ0) is 30.5. The molecule has 3 aromatic carbocycles. The minimum atomic E-state index is -3.74. The number of anilines is 1. The number of nitrogens with zero attached hydrogens (tertiary/aromatic N) is 2. The standard InChI is InChI=1S/C29H33N4O7PS/c1-5-39-41(36,40-6-2)23-16-17-25-24(18-23)27(29(35)32-25)28(20-10-8-7-9-11-20)31-21-12-14-22(15-13-21)33(42(4,37)38)19-26(34)30-3/h7-18,32,35H,5-6,19H2,1-4H3,(H,30,34). The van der Waals surface area contributed by atoms with Crippen molar-refractivity contribution in [2.75, 3.05) is 37.4 Å². The topological polar surface area (TPSA) is 150 Å². The minimum Gasteiger partial charge on any atom is -0.494 e. The number of likely N-dealkylation sites (N-methyl/N-ethyl adjacent to an activating group) is 1. The van der Waals surface area contributed by atoms with E-state index < -0.39 is 23.5 Å². The zero-order valence-electron chi connectivity index (χ0n) is 23.7. The summed E-state index contributed by atoms with van der Waals surface area (Å²) in [4.78, 5) is 19.7. The Morgan fingerprint density at radius 2 is 1.67 bits per heavy atom. The first-order chi connectivity index (χ1) is 20.0. The molecule has 0 saturated heterocycles. The average Bonchev–Trinajstić information content (AvgIpc) is 3.29. The number of carbonyl (C=O) groups is 1. The average molecular weight is 613 g/mol. The SMILES string of the molecule is CCOP(=O)(OCC)c1ccc2[nH]c(O)c(C(=Nc3ccc(N(CC(=O)NC)S(C)(=O)=O)cc3)c3ccccc3)c2c1. The highest BCUT2D eigenvalue weighted by Gasteiger charge is 2.29. The monoisotopic (exact) mass is 612 g/mol. The van der Waals surface area contributed by atoms with Crippen LogP contribution < -0.4 is 14.9 Å². The molecular formula is C29H33N4O7PS. The number of hydrogen-bond donors (Lipinski definition) is 3. The van der Waals surface area contributed by atoms with Crippen LogP contribution in [0.15, 0.2) is 77.8 Å². The van der Waals surface area contributed by atoms with Gasteiger partial charge in [-0.1, -0.05) is 30.3 Å². The Morgan fingerprint density at radius 3 is 2.24 bits per heavy atom. The number of benzene rings is 3. The quantitative estimate of drug-likeness (QED) is 0.158. The second-order valence-electron chi connectivity index (χ2n) is 9.20. The van der Waals surface area contributed by atoms with Crippen LogP contribution in [0.5, 0.6) is 5.88 Å². The molecule has 1 amide bonds. The van der Waals surface area contributed by atoms with Crippen molar-refractivity contribution in [1.29, 1.82) is 0 Å². The molecule has 0 aliphatic carbocycles. The van der Waals surface area contributed by atoms with Crippen molar-refractivity contribution >= 4 is 56.8 Å². The first kappa shape index (κ1) is 31.0. The van der Waals surface area contributed by atoms with E-state index in [1.165, 1.54) is 7.05 Å². The molecule has 42 heavy (non-hydrogen) atoms. The van der Waals surface area contributed by atoms with Crippen LogP contribution in [0.4, 0.5) is 11.4 Å². The number of H-pyrrole nitrogens is 1. The number of nitrogens with one attached hydrogen (secondary N) is 2. The Morgan fingerprint density at radius 1 is 1.02 bits per heavy atom. The Bertz CT molecular complexity index is 1740. The van der Waals surface area contributed by atoms with E-state index in [-0.39, 0.29) is 25.6 Å². The van der Waals surface area contributed by atoms with Crippen LogP contribution in [-0.2, 0) is 28.4 Å². The lowest BCUT2D eigenvalue weighted by atomic mass is 10.0. The minimum absolute atomic E-state index is 0.141. The molecular weight excluding hydrogens is 579 g/mol. The smallest absolute Gasteiger partial charge is 0.361 e. The van der Waals surface area contributed by atoms with Gasteiger partial charge < -0.3 is 24.5 Å². The maximum Gasteiger partial charge on any atom is 0.361 e. The van der Waals surface area contributed by atoms with Gasteiger partial charge in [0.25, 0.3) is 0 Å². The molecule has 0 saturated carbocycles. The molecule has 0 fully saturated rings. The van der Waals surface area contributed by atoms with Crippen LogP contribution in [0.3, 0.4) is 0 Å². The fraction of sp³-hybridized carbons (Fsp3) is 0.241. The number of fused-ring (bicyclic) bond motifs is 1. The predicted molar refractivity (Wildman–Crippen MR) is 165 cm³/mol. The van der Waals surface area contributed by atoms with Gasteiger partial charge in [-0.3, -0.25) is 13.7 Å². The number of hydrogen-bond acceptors (Lipinski definition) is 8. The Hall–Kier alpha value is -3.96. The van der Waals surface area contributed by atoms with Crippen LogP contribution in [0, 0.1) is 0 Å². The fourth-order valence-corrected chi connectivity index (χ4v) is 6.85. The second kappa shape index (κ2) is 12.9. The van der Waals surface area contributed by atoms with Gasteiger partial charge in [0.2, 0.25) is 15.9 Å². The highest BCUT2D eigenvalue weighted by atomic mass is 32.2. The number of carbonyl (C=O) groups excluding carboxylic acids is 1. The summed E-state index contributed by atoms with van der Waals surface area (Å²) in [5.41, 5.74) is 2.83. The van der Waals surface area contributed by atoms with Gasteiger partial charge in [0, 0.05) is 23.5 Å². The number of aromatic hydroxyl groups is 1. The third-order valence-corrected chi connectivity index (χ3v) is 9.55. The number of aromatic amines is 1. The van der Waals surface area contributed by atoms with Gasteiger partial charge in [0.05, 0.1) is 47.4 Å². The van der Waals surface area contributed by atoms with Crippen LogP contribution in [0.25, 0.3) is 10.9 Å². The molecule has 0 bridgehead atoms. The lowest BCUT2D eigenvalue weighted by Crippen LogP contribution is -2.39. The van der Waals surface area contributed by atoms with E-state index in [0.29, 0.717) is 44.4 Å². The van der Waals surface area contributed by atoms with E-state index in [2.05, 4.69) is 10.3 Å². The van der Waals surface area contributed by atoms with Crippen molar-refractivity contribution in [2.24, 2.45) is 4.99 Å². The normalized spacial score (nSPS) is 12.4. The van der Waals surface area contributed by atoms with E-state index in [1.54, 1.807) is 56.3 Å². The first-order valence-corrected chi connectivity index (χ1v) is 16.6. The summed E-state index contributed by atoms with van der Waals surface area (Å²) in [5, 5.41) is 14.4. The van der Waals surface area contributed by atoms with E-state index in [9.17, 15) is 22.9 Å². The molecule has 1 aromatic heterocycles. The van der Waals surface area contributed by atoms with Crippen molar-refractivity contribution in [1.82, 2.24) is 10.3 Å². The van der Waals surface area contributed by atoms with Gasteiger partial charge in [0.1, 0.15) is 6.54 Å². The molecule has 11 nitrogen and oxygen atoms in total. The molecule has 0 aliphatic rings. The van der Waals surface area contributed by atoms with Gasteiger partial charge in [-0.25, -0.2) is 13.4 Å². The molecule has 0 unspecified atom stereocenters. The van der Waals surface area contributed by atoms with Gasteiger partial charge in [-0.15, -0.1) is 0 Å². The molecule has 0 aliphatic heterocycles. The van der Waals surface area contributed by atoms with Crippen molar-refractivity contribution in [3.63, 3.8) is 0 Å². The summed E-state index contributed by atoms with van der Waals surface area (Å²) in [6, 6.07) is 20.6. The molecule has 3 N–H and O–H groups in total. The maximum absolute atomic E-state index is 13.5. The third kappa shape index (κ3) is 6.74. The number of aliphatic imine (C=N–C) groups is 1. The lowest BCUT2D eigenvalue weighted by molar-refractivity contribution is -0.119. The maximum atomic E-state index is 13.5. The summed E-state index contributed by atoms with van der Waals surface area (Å²) >= 11 is 0. The van der Waals surface area contributed by atoms with E-state index in [1.807, 2.05) is 30.3 Å². The molecule has 4 rings (SSSR count). The van der Waals surface area contributed by atoms with E-state index >= 15 is 0 Å². The highest BCUT2D eigenvalue weighted by molar-refractivity contribution is 7.92. The predicted octanol–water partition coefficient (Wildman–Crippen LogP) is 4.45. The number of rotatable bonds is 12. The van der Waals surface area contributed by atoms with Gasteiger partial charge in [-0.2, -0.15) is 0 Å². The molecule has 222 valence electrons. The van der Waals surface area contributed by atoms with Crippen LogP contribution in [-0.4, -0.2) is 63.2 Å². The molecule has 0 atom stereocenters. The molecule has 1 heterocycles. The van der Waals surface area contributed by atoms with Crippen molar-refractivity contribution in [3.8, 4) is 5.88 Å². The number of aromatic nitrogens is 1. The fourth-order valence-electron chi connectivity index (χ4n) is 4.39. The third-order valence-electron chi connectivity index (χ3n) is 6.31. The van der Waals surface area contributed by atoms with E-state index in [4.69, 9.17) is 14.0 Å². The van der Waals surface area contributed by atoms with Crippen LogP contribution in [0.1, 0.15) is 25.0 Å².